The van der Waals surface area contributed by atoms with Crippen LogP contribution in [0, 0.1) is 5.41 Å². The molecule has 0 bridgehead atoms. The number of fused-ring (bicyclic) bond motifs is 1. The predicted octanol–water partition coefficient (Wildman–Crippen LogP) is -1.07. The Hall–Kier alpha value is -2.74. The molecule has 0 aromatic carbocycles. The molecule has 7 unspecified atom stereocenters. The molecule has 1 aliphatic rings. The molecule has 0 spiro atoms. The number of aliphatic hydroxyl groups excluding tert-OH is 2. The van der Waals surface area contributed by atoms with E-state index in [4.69, 9.17) is 19.5 Å². The van der Waals surface area contributed by atoms with Crippen LogP contribution in [-0.2, 0) is 50.7 Å². The number of likely N-dealkylation sites (N-methyl/N-ethyl adjacent to an activating group) is 1. The Morgan fingerprint density at radius 3 is 2.39 bits per heavy atom. The Balaban J connectivity index is 1.47. The van der Waals surface area contributed by atoms with Crippen molar-refractivity contribution in [1.82, 2.24) is 30.2 Å². The summed E-state index contributed by atoms with van der Waals surface area (Å²) in [5.74, 6) is -1.14. The third-order valence-corrected chi connectivity index (χ3v) is 11.6. The van der Waals surface area contributed by atoms with E-state index in [-0.39, 0.29) is 41.6 Å². The van der Waals surface area contributed by atoms with Crippen LogP contribution < -0.4 is 16.4 Å². The summed E-state index contributed by atoms with van der Waals surface area (Å²) in [6.07, 6.45) is -3.69. The largest absolute Gasteiger partial charge is 0.481 e. The number of carbonyl (C=O) groups is 3. The van der Waals surface area contributed by atoms with Crippen molar-refractivity contribution in [3.05, 3.63) is 24.8 Å². The first-order valence-corrected chi connectivity index (χ1v) is 22.2. The fourth-order valence-electron chi connectivity index (χ4n) is 4.80. The number of nitrogens with one attached hydrogen (secondary N) is 2. The minimum Gasteiger partial charge on any atom is -0.386 e. The number of phosphoric acid groups is 3. The van der Waals surface area contributed by atoms with E-state index in [9.17, 15) is 57.9 Å². The fraction of sp³-hybridized carbons (Fsp3) is 0.643. The summed E-state index contributed by atoms with van der Waals surface area (Å²) < 4.78 is 62.8. The summed E-state index contributed by atoms with van der Waals surface area (Å²) in [5, 5.41) is 26.2. The zero-order chi connectivity index (χ0) is 43.0. The highest BCUT2D eigenvalue weighted by Crippen LogP contribution is 2.61. The summed E-state index contributed by atoms with van der Waals surface area (Å²) in [7, 11) is -10.4. The second-order valence-electron chi connectivity index (χ2n) is 14.1. The van der Waals surface area contributed by atoms with Gasteiger partial charge in [-0.3, -0.25) is 32.5 Å². The highest BCUT2D eigenvalue weighted by molar-refractivity contribution is 8.14. The maximum atomic E-state index is 12.7. The number of nitrogens with zero attached hydrogens (tertiary/aromatic N) is 5. The Morgan fingerprint density at radius 1 is 1.07 bits per heavy atom. The lowest BCUT2D eigenvalue weighted by Gasteiger charge is -2.30. The average molecular weight is 894 g/mol. The fourth-order valence-corrected chi connectivity index (χ4v) is 8.22. The molecule has 322 valence electrons. The van der Waals surface area contributed by atoms with Gasteiger partial charge >= 0.3 is 23.5 Å². The highest BCUT2D eigenvalue weighted by Gasteiger charge is 2.50. The van der Waals surface area contributed by atoms with Crippen LogP contribution in [-0.4, -0.2) is 155 Å². The van der Waals surface area contributed by atoms with E-state index in [2.05, 4.69) is 34.4 Å². The molecule has 57 heavy (non-hydrogen) atoms. The van der Waals surface area contributed by atoms with Crippen molar-refractivity contribution in [3.63, 3.8) is 0 Å². The summed E-state index contributed by atoms with van der Waals surface area (Å²) in [5.41, 5.74) is 4.26. The highest BCUT2D eigenvalue weighted by atomic mass is 32.2. The Kier molecular flexibility index (Phi) is 17.1. The molecule has 2 amide bonds. The number of amides is 2. The predicted molar refractivity (Wildman–Crippen MR) is 199 cm³/mol. The van der Waals surface area contributed by atoms with Crippen molar-refractivity contribution >= 4 is 69.1 Å². The first-order valence-electron chi connectivity index (χ1n) is 16.7. The van der Waals surface area contributed by atoms with Gasteiger partial charge in [-0.05, 0) is 12.2 Å². The van der Waals surface area contributed by atoms with E-state index < -0.39 is 84.6 Å². The SMILES string of the molecule is CC(C)(COP(=O)(O)OP(=O)(O)OCC1OC(n2cnc3c(N)ncnc32)C(O)C1OP(=O)(O)O)C(O)C(=O)NCCC(=O)NCCSC(=O)/C=C/C[N+](C)(C)C. The summed E-state index contributed by atoms with van der Waals surface area (Å²) in [4.78, 5) is 87.5. The van der Waals surface area contributed by atoms with E-state index >= 15 is 0 Å². The number of imidazole rings is 1. The molecular weight excluding hydrogens is 845 g/mol. The Bertz CT molecular complexity index is 1910. The number of nitrogen functional groups attached to an aromatic ring is 1. The van der Waals surface area contributed by atoms with Gasteiger partial charge in [-0.15, -0.1) is 0 Å². The van der Waals surface area contributed by atoms with E-state index in [1.54, 1.807) is 6.08 Å². The van der Waals surface area contributed by atoms with Crippen LogP contribution in [0.25, 0.3) is 11.2 Å². The van der Waals surface area contributed by atoms with Crippen molar-refractivity contribution in [1.29, 1.82) is 0 Å². The number of carbonyl (C=O) groups excluding carboxylic acids is 3. The smallest absolute Gasteiger partial charge is 0.386 e. The summed E-state index contributed by atoms with van der Waals surface area (Å²) >= 11 is 1.03. The summed E-state index contributed by atoms with van der Waals surface area (Å²) in [6, 6.07) is 0. The number of nitrogens with two attached hydrogens (primary N) is 1. The lowest BCUT2D eigenvalue weighted by Crippen LogP contribution is -2.46. The standard InChI is InChI=1S/C28H47N8O17P3S/c1-28(2,23(40)26(41)31-9-8-18(37)30-10-12-57-19(38)7-6-11-36(3,4)5)14-50-56(47,48)53-55(45,46)49-13-17-22(52-54(42,43)44)21(39)27(51-17)35-16-34-20-24(29)32-15-33-25(20)35/h6-7,15-17,21-23,27,39-40H,8-14H2,1-5H3,(H7-,29,30,31,32,33,37,41,42,43,44,45,46,47,48)/p+1/b7-6+. The third kappa shape index (κ3) is 15.8. The molecule has 25 nitrogen and oxygen atoms in total. The number of thioether (sulfide) groups is 1. The molecule has 10 N–H and O–H groups in total. The van der Waals surface area contributed by atoms with Gasteiger partial charge in [0.1, 0.15) is 36.3 Å². The molecule has 1 saturated heterocycles. The van der Waals surface area contributed by atoms with Gasteiger partial charge in [-0.1, -0.05) is 25.6 Å². The Labute approximate surface area is 330 Å². The third-order valence-electron chi connectivity index (χ3n) is 7.65. The van der Waals surface area contributed by atoms with Crippen LogP contribution in [0.2, 0.25) is 0 Å². The number of aliphatic hydroxyl groups is 2. The second-order valence-corrected chi connectivity index (χ2v) is 19.4. The van der Waals surface area contributed by atoms with E-state index in [0.717, 1.165) is 29.0 Å². The summed E-state index contributed by atoms with van der Waals surface area (Å²) in [6.45, 7) is 1.14. The van der Waals surface area contributed by atoms with Gasteiger partial charge in [0.15, 0.2) is 17.7 Å². The lowest BCUT2D eigenvalue weighted by atomic mass is 9.87. The first kappa shape index (κ1) is 48.6. The Morgan fingerprint density at radius 2 is 1.74 bits per heavy atom. The number of quaternary nitrogens is 1. The molecule has 1 aliphatic heterocycles. The molecule has 29 heteroatoms. The molecule has 0 aliphatic carbocycles. The van der Waals surface area contributed by atoms with Crippen molar-refractivity contribution < 1.29 is 85.0 Å². The van der Waals surface area contributed by atoms with Gasteiger partial charge in [-0.25, -0.2) is 28.6 Å². The first-order chi connectivity index (χ1) is 26.2. The van der Waals surface area contributed by atoms with Crippen molar-refractivity contribution in [2.24, 2.45) is 5.41 Å². The zero-order valence-corrected chi connectivity index (χ0v) is 34.9. The topological polar surface area (TPSA) is 364 Å². The molecule has 2 aromatic rings. The van der Waals surface area contributed by atoms with Gasteiger partial charge in [-0.2, -0.15) is 4.31 Å². The maximum Gasteiger partial charge on any atom is 0.481 e. The number of anilines is 1. The molecule has 3 heterocycles. The maximum absolute atomic E-state index is 12.7. The monoisotopic (exact) mass is 893 g/mol. The van der Waals surface area contributed by atoms with Crippen LogP contribution >= 0.6 is 35.2 Å². The zero-order valence-electron chi connectivity index (χ0n) is 31.4. The van der Waals surface area contributed by atoms with Gasteiger partial charge in [0, 0.05) is 30.7 Å². The molecule has 0 radical (unpaired) electrons. The second kappa shape index (κ2) is 20.0. The van der Waals surface area contributed by atoms with Gasteiger partial charge in [0.2, 0.25) is 16.9 Å². The molecule has 2 aromatic heterocycles. The number of hydrogen-bond donors (Lipinski definition) is 9. The van der Waals surface area contributed by atoms with Crippen molar-refractivity contribution in [3.8, 4) is 0 Å². The molecule has 3 rings (SSSR count). The number of ether oxygens (including phenoxy) is 1. The van der Waals surface area contributed by atoms with Crippen LogP contribution in [0.1, 0.15) is 26.5 Å². The van der Waals surface area contributed by atoms with E-state index in [1.165, 1.54) is 19.9 Å². The van der Waals surface area contributed by atoms with Crippen molar-refractivity contribution in [2.45, 2.75) is 50.9 Å². The molecule has 0 saturated carbocycles. The average Bonchev–Trinajstić information content (AvgIpc) is 3.64. The normalized spacial score (nSPS) is 21.9. The molecule has 7 atom stereocenters. The van der Waals surface area contributed by atoms with Crippen LogP contribution in [0.4, 0.5) is 5.82 Å². The lowest BCUT2D eigenvalue weighted by molar-refractivity contribution is -0.864. The minimum absolute atomic E-state index is 0.0297. The molecule has 1 fully saturated rings. The van der Waals surface area contributed by atoms with Gasteiger partial charge in [0.25, 0.3) is 0 Å². The quantitative estimate of drug-likeness (QED) is 0.0294. The number of phosphoric ester groups is 3. The van der Waals surface area contributed by atoms with Gasteiger partial charge < -0.3 is 55.4 Å². The number of aromatic nitrogens is 4. The van der Waals surface area contributed by atoms with E-state index in [0.29, 0.717) is 16.8 Å². The molecular formula is C28H48N8O17P3S+. The van der Waals surface area contributed by atoms with E-state index in [1.807, 2.05) is 21.1 Å². The minimum atomic E-state index is -5.57. The van der Waals surface area contributed by atoms with Gasteiger partial charge in [0.05, 0.1) is 47.2 Å². The van der Waals surface area contributed by atoms with Crippen LogP contribution in [0.3, 0.4) is 0 Å². The number of hydrogen-bond acceptors (Lipinski definition) is 18. The van der Waals surface area contributed by atoms with Crippen LogP contribution in [0.5, 0.6) is 0 Å². The number of rotatable bonds is 22. The van der Waals surface area contributed by atoms with Crippen LogP contribution in [0.15, 0.2) is 24.8 Å². The van der Waals surface area contributed by atoms with Crippen molar-refractivity contribution in [2.75, 3.05) is 65.5 Å².